The van der Waals surface area contributed by atoms with E-state index in [1.165, 1.54) is 17.7 Å². The molecule has 0 aromatic carbocycles. The molecule has 0 N–H and O–H groups in total. The number of hydrogen-bond donors (Lipinski definition) is 0. The van der Waals surface area contributed by atoms with Crippen LogP contribution in [0.25, 0.3) is 0 Å². The molecule has 2 rings (SSSR count). The van der Waals surface area contributed by atoms with Crippen molar-refractivity contribution in [3.63, 3.8) is 0 Å². The standard InChI is InChI=1S/C12H17N/c1-9-4-3-5-10(2)11-6-7-13-12(11)8-9/h3,5,8,10-11H,4,6-7H2,1-2H3/b5-3?,9-8-. The minimum Gasteiger partial charge on any atom is -0.289 e. The summed E-state index contributed by atoms with van der Waals surface area (Å²) in [6.07, 6.45) is 9.27. The highest BCUT2D eigenvalue weighted by molar-refractivity contribution is 5.98. The van der Waals surface area contributed by atoms with Gasteiger partial charge in [0.1, 0.15) is 0 Å². The van der Waals surface area contributed by atoms with E-state index in [0.29, 0.717) is 11.8 Å². The van der Waals surface area contributed by atoms with Crippen LogP contribution in [0.3, 0.4) is 0 Å². The van der Waals surface area contributed by atoms with Gasteiger partial charge in [-0.2, -0.15) is 0 Å². The predicted molar refractivity (Wildman–Crippen MR) is 57.1 cm³/mol. The zero-order valence-corrected chi connectivity index (χ0v) is 8.46. The molecule has 1 aliphatic heterocycles. The van der Waals surface area contributed by atoms with Crippen LogP contribution in [0.4, 0.5) is 0 Å². The Balaban J connectivity index is 2.28. The summed E-state index contributed by atoms with van der Waals surface area (Å²) < 4.78 is 0. The summed E-state index contributed by atoms with van der Waals surface area (Å²) in [7, 11) is 0. The molecule has 13 heavy (non-hydrogen) atoms. The largest absolute Gasteiger partial charge is 0.289 e. The molecule has 1 nitrogen and oxygen atoms in total. The van der Waals surface area contributed by atoms with Crippen LogP contribution >= 0.6 is 0 Å². The Labute approximate surface area is 80.3 Å². The van der Waals surface area contributed by atoms with Gasteiger partial charge in [-0.1, -0.05) is 24.6 Å². The fourth-order valence-electron chi connectivity index (χ4n) is 2.20. The summed E-state index contributed by atoms with van der Waals surface area (Å²) in [6.45, 7) is 5.52. The lowest BCUT2D eigenvalue weighted by Crippen LogP contribution is -2.16. The Morgan fingerprint density at radius 2 is 2.31 bits per heavy atom. The third-order valence-corrected chi connectivity index (χ3v) is 3.02. The number of nitrogens with zero attached hydrogens (tertiary/aromatic N) is 1. The first kappa shape index (κ1) is 8.74. The fraction of sp³-hybridized carbons (Fsp3) is 0.583. The van der Waals surface area contributed by atoms with Crippen LogP contribution in [0.1, 0.15) is 26.7 Å². The average molecular weight is 175 g/mol. The van der Waals surface area contributed by atoms with Crippen molar-refractivity contribution in [1.29, 1.82) is 0 Å². The van der Waals surface area contributed by atoms with E-state index >= 15 is 0 Å². The number of fused-ring (bicyclic) bond motifs is 1. The summed E-state index contributed by atoms with van der Waals surface area (Å²) in [6, 6.07) is 0. The molecule has 0 aromatic rings. The molecule has 0 fully saturated rings. The molecule has 2 aliphatic rings. The van der Waals surface area contributed by atoms with E-state index in [9.17, 15) is 0 Å². The Bertz CT molecular complexity index is 283. The lowest BCUT2D eigenvalue weighted by Gasteiger charge is -2.18. The van der Waals surface area contributed by atoms with Gasteiger partial charge in [0.2, 0.25) is 0 Å². The first-order valence-electron chi connectivity index (χ1n) is 5.15. The quantitative estimate of drug-likeness (QED) is 0.502. The van der Waals surface area contributed by atoms with Crippen molar-refractivity contribution in [2.45, 2.75) is 26.7 Å². The summed E-state index contributed by atoms with van der Waals surface area (Å²) in [5.41, 5.74) is 2.78. The maximum absolute atomic E-state index is 4.57. The lowest BCUT2D eigenvalue weighted by atomic mass is 9.85. The van der Waals surface area contributed by atoms with Crippen LogP contribution in [0, 0.1) is 11.8 Å². The second-order valence-electron chi connectivity index (χ2n) is 4.18. The van der Waals surface area contributed by atoms with Gasteiger partial charge >= 0.3 is 0 Å². The number of allylic oxidation sites excluding steroid dienone is 4. The van der Waals surface area contributed by atoms with Crippen molar-refractivity contribution in [2.24, 2.45) is 16.8 Å². The summed E-state index contributed by atoms with van der Waals surface area (Å²) in [5, 5.41) is 0. The van der Waals surface area contributed by atoms with E-state index in [0.717, 1.165) is 13.0 Å². The highest BCUT2D eigenvalue weighted by atomic mass is 14.8. The minimum atomic E-state index is 0.672. The molecule has 0 amide bonds. The highest BCUT2D eigenvalue weighted by Gasteiger charge is 2.24. The topological polar surface area (TPSA) is 12.4 Å². The summed E-state index contributed by atoms with van der Waals surface area (Å²) in [5.74, 6) is 1.36. The molecule has 1 heteroatoms. The van der Waals surface area contributed by atoms with Crippen LogP contribution in [0.2, 0.25) is 0 Å². The van der Waals surface area contributed by atoms with E-state index < -0.39 is 0 Å². The monoisotopic (exact) mass is 175 g/mol. The van der Waals surface area contributed by atoms with E-state index in [2.05, 4.69) is 37.1 Å². The van der Waals surface area contributed by atoms with Gasteiger partial charge in [-0.3, -0.25) is 4.99 Å². The van der Waals surface area contributed by atoms with Gasteiger partial charge < -0.3 is 0 Å². The average Bonchev–Trinajstić information content (AvgIpc) is 2.49. The van der Waals surface area contributed by atoms with Gasteiger partial charge in [0, 0.05) is 18.2 Å². The van der Waals surface area contributed by atoms with Crippen molar-refractivity contribution in [3.8, 4) is 0 Å². The van der Waals surface area contributed by atoms with Crippen LogP contribution in [0.5, 0.6) is 0 Å². The summed E-state index contributed by atoms with van der Waals surface area (Å²) in [4.78, 5) is 4.57. The fourth-order valence-corrected chi connectivity index (χ4v) is 2.20. The van der Waals surface area contributed by atoms with E-state index in [1.807, 2.05) is 0 Å². The molecule has 0 spiro atoms. The van der Waals surface area contributed by atoms with E-state index in [1.54, 1.807) is 0 Å². The SMILES string of the molecule is C/C1=C/C2=NCCC2C(C)C=CC1. The molecule has 0 bridgehead atoms. The molecule has 0 aromatic heterocycles. The summed E-state index contributed by atoms with van der Waals surface area (Å²) >= 11 is 0. The van der Waals surface area contributed by atoms with Crippen LogP contribution in [-0.4, -0.2) is 12.3 Å². The molecule has 0 radical (unpaired) electrons. The molecule has 0 saturated carbocycles. The van der Waals surface area contributed by atoms with Gasteiger partial charge in [0.25, 0.3) is 0 Å². The number of hydrogen-bond acceptors (Lipinski definition) is 1. The third kappa shape index (κ3) is 1.74. The third-order valence-electron chi connectivity index (χ3n) is 3.02. The van der Waals surface area contributed by atoms with E-state index in [4.69, 9.17) is 0 Å². The molecule has 1 heterocycles. The molecule has 2 atom stereocenters. The normalized spacial score (nSPS) is 37.1. The molecule has 70 valence electrons. The Kier molecular flexibility index (Phi) is 2.34. The van der Waals surface area contributed by atoms with Crippen molar-refractivity contribution in [2.75, 3.05) is 6.54 Å². The van der Waals surface area contributed by atoms with Gasteiger partial charge in [0.05, 0.1) is 0 Å². The Hall–Kier alpha value is -0.850. The molecular weight excluding hydrogens is 158 g/mol. The molecular formula is C12H17N. The second-order valence-corrected chi connectivity index (χ2v) is 4.18. The molecule has 1 aliphatic carbocycles. The zero-order valence-electron chi connectivity index (χ0n) is 8.46. The minimum absolute atomic E-state index is 0.672. The lowest BCUT2D eigenvalue weighted by molar-refractivity contribution is 0.538. The second kappa shape index (κ2) is 3.49. The van der Waals surface area contributed by atoms with Crippen molar-refractivity contribution >= 4 is 5.71 Å². The van der Waals surface area contributed by atoms with Gasteiger partial charge in [0.15, 0.2) is 0 Å². The Morgan fingerprint density at radius 1 is 1.46 bits per heavy atom. The van der Waals surface area contributed by atoms with Crippen LogP contribution in [-0.2, 0) is 0 Å². The van der Waals surface area contributed by atoms with Gasteiger partial charge in [-0.15, -0.1) is 0 Å². The first-order chi connectivity index (χ1) is 6.27. The predicted octanol–water partition coefficient (Wildman–Crippen LogP) is 2.99. The molecule has 0 saturated heterocycles. The Morgan fingerprint density at radius 3 is 3.15 bits per heavy atom. The van der Waals surface area contributed by atoms with Crippen molar-refractivity contribution in [1.82, 2.24) is 0 Å². The van der Waals surface area contributed by atoms with Crippen LogP contribution < -0.4 is 0 Å². The van der Waals surface area contributed by atoms with Crippen molar-refractivity contribution in [3.05, 3.63) is 23.8 Å². The van der Waals surface area contributed by atoms with E-state index in [-0.39, 0.29) is 0 Å². The highest BCUT2D eigenvalue weighted by Crippen LogP contribution is 2.27. The number of rotatable bonds is 0. The first-order valence-corrected chi connectivity index (χ1v) is 5.15. The van der Waals surface area contributed by atoms with Crippen molar-refractivity contribution < 1.29 is 0 Å². The number of aliphatic imine (C=N–C) groups is 1. The zero-order chi connectivity index (χ0) is 9.26. The smallest absolute Gasteiger partial charge is 0.0399 e. The van der Waals surface area contributed by atoms with Gasteiger partial charge in [-0.25, -0.2) is 0 Å². The van der Waals surface area contributed by atoms with Crippen LogP contribution in [0.15, 0.2) is 28.8 Å². The maximum atomic E-state index is 4.57. The molecule has 2 unspecified atom stereocenters. The van der Waals surface area contributed by atoms with Gasteiger partial charge in [-0.05, 0) is 31.8 Å². The maximum Gasteiger partial charge on any atom is 0.0399 e.